The van der Waals surface area contributed by atoms with Crippen LogP contribution in [0, 0.1) is 0 Å². The van der Waals surface area contributed by atoms with Gasteiger partial charge in [0, 0.05) is 9.37 Å². The van der Waals surface area contributed by atoms with Crippen molar-refractivity contribution in [3.8, 4) is 0 Å². The van der Waals surface area contributed by atoms with Gasteiger partial charge in [-0.3, -0.25) is 0 Å². The molecular weight excluding hydrogens is 288 g/mol. The van der Waals surface area contributed by atoms with E-state index in [1.807, 2.05) is 12.1 Å². The molecule has 0 saturated heterocycles. The molecule has 0 saturated carbocycles. The van der Waals surface area contributed by atoms with E-state index in [4.69, 9.17) is 5.11 Å². The van der Waals surface area contributed by atoms with Gasteiger partial charge in [0.2, 0.25) is 0 Å². The van der Waals surface area contributed by atoms with E-state index in [1.54, 1.807) is 17.8 Å². The fourth-order valence-corrected chi connectivity index (χ4v) is 2.72. The number of rotatable bonds is 6. The molecule has 1 aromatic carbocycles. The van der Waals surface area contributed by atoms with Gasteiger partial charge in [0.15, 0.2) is 0 Å². The highest BCUT2D eigenvalue weighted by atomic mass is 79.9. The third kappa shape index (κ3) is 4.18. The highest BCUT2D eigenvalue weighted by Crippen LogP contribution is 2.26. The molecule has 0 unspecified atom stereocenters. The summed E-state index contributed by atoms with van der Waals surface area (Å²) in [5, 5.41) is 9.06. The Morgan fingerprint density at radius 3 is 2.81 bits per heavy atom. The lowest BCUT2D eigenvalue weighted by Crippen LogP contribution is -1.99. The quantitative estimate of drug-likeness (QED) is 0.624. The molecule has 1 aromatic rings. The van der Waals surface area contributed by atoms with Gasteiger partial charge in [-0.15, -0.1) is 11.8 Å². The summed E-state index contributed by atoms with van der Waals surface area (Å²) in [6, 6.07) is 5.41. The number of hydrogen-bond donors (Lipinski definition) is 1. The number of thioether (sulfide) groups is 1. The first-order valence-electron chi connectivity index (χ1n) is 5.30. The number of benzene rings is 1. The number of carboxylic acid groups (broad SMARTS) is 1. The van der Waals surface area contributed by atoms with Crippen LogP contribution in [0.25, 0.3) is 0 Å². The molecule has 0 aliphatic heterocycles. The maximum Gasteiger partial charge on any atom is 0.336 e. The van der Waals surface area contributed by atoms with E-state index >= 15 is 0 Å². The van der Waals surface area contributed by atoms with Gasteiger partial charge in [-0.05, 0) is 30.4 Å². The number of aromatic carboxylic acids is 1. The molecule has 0 atom stereocenters. The van der Waals surface area contributed by atoms with Crippen molar-refractivity contribution in [3.63, 3.8) is 0 Å². The van der Waals surface area contributed by atoms with Gasteiger partial charge < -0.3 is 5.11 Å². The molecule has 0 bridgehead atoms. The Bertz CT molecular complexity index is 366. The molecule has 2 nitrogen and oxygen atoms in total. The highest BCUT2D eigenvalue weighted by molar-refractivity contribution is 9.10. The van der Waals surface area contributed by atoms with Gasteiger partial charge in [0.1, 0.15) is 0 Å². The normalized spacial score (nSPS) is 10.4. The molecule has 1 rings (SSSR count). The second-order valence-corrected chi connectivity index (χ2v) is 5.55. The van der Waals surface area contributed by atoms with Crippen LogP contribution < -0.4 is 0 Å². The fraction of sp³-hybridized carbons (Fsp3) is 0.417. The minimum atomic E-state index is -0.862. The van der Waals surface area contributed by atoms with Crippen molar-refractivity contribution in [3.05, 3.63) is 28.2 Å². The predicted molar refractivity (Wildman–Crippen MR) is 71.4 cm³/mol. The predicted octanol–water partition coefficient (Wildman–Crippen LogP) is 4.43. The standard InChI is InChI=1S/C12H15BrO2S/c1-2-3-4-7-16-11-6-5-9(13)8-10(11)12(14)15/h5-6,8H,2-4,7H2,1H3,(H,14,15). The maximum atomic E-state index is 11.0. The largest absolute Gasteiger partial charge is 0.478 e. The first-order valence-corrected chi connectivity index (χ1v) is 7.08. The molecule has 0 aromatic heterocycles. The summed E-state index contributed by atoms with van der Waals surface area (Å²) in [7, 11) is 0. The van der Waals surface area contributed by atoms with E-state index in [9.17, 15) is 4.79 Å². The summed E-state index contributed by atoms with van der Waals surface area (Å²) >= 11 is 4.91. The summed E-state index contributed by atoms with van der Waals surface area (Å²) in [6.45, 7) is 2.16. The molecular formula is C12H15BrO2S. The van der Waals surface area contributed by atoms with E-state index in [0.29, 0.717) is 5.56 Å². The lowest BCUT2D eigenvalue weighted by molar-refractivity contribution is 0.0693. The van der Waals surface area contributed by atoms with Gasteiger partial charge in [-0.1, -0.05) is 35.7 Å². The van der Waals surface area contributed by atoms with Crippen molar-refractivity contribution >= 4 is 33.7 Å². The van der Waals surface area contributed by atoms with E-state index in [-0.39, 0.29) is 0 Å². The Morgan fingerprint density at radius 1 is 1.44 bits per heavy atom. The third-order valence-corrected chi connectivity index (χ3v) is 3.83. The summed E-state index contributed by atoms with van der Waals surface area (Å²) in [4.78, 5) is 11.9. The maximum absolute atomic E-state index is 11.0. The zero-order valence-corrected chi connectivity index (χ0v) is 11.6. The molecule has 0 aliphatic rings. The Kier molecular flexibility index (Phi) is 5.91. The van der Waals surface area contributed by atoms with Crippen LogP contribution in [0.1, 0.15) is 36.5 Å². The fourth-order valence-electron chi connectivity index (χ4n) is 1.33. The number of carbonyl (C=O) groups is 1. The number of hydrogen-bond acceptors (Lipinski definition) is 2. The highest BCUT2D eigenvalue weighted by Gasteiger charge is 2.10. The molecule has 4 heteroatoms. The van der Waals surface area contributed by atoms with Crippen LogP contribution in [0.15, 0.2) is 27.6 Å². The minimum Gasteiger partial charge on any atom is -0.478 e. The second-order valence-electron chi connectivity index (χ2n) is 3.50. The average molecular weight is 303 g/mol. The zero-order valence-electron chi connectivity index (χ0n) is 9.20. The van der Waals surface area contributed by atoms with E-state index in [2.05, 4.69) is 22.9 Å². The Hall–Kier alpha value is -0.480. The van der Waals surface area contributed by atoms with E-state index in [1.165, 1.54) is 12.8 Å². The lowest BCUT2D eigenvalue weighted by atomic mass is 10.2. The Morgan fingerprint density at radius 2 is 2.19 bits per heavy atom. The van der Waals surface area contributed by atoms with Crippen molar-refractivity contribution in [1.29, 1.82) is 0 Å². The Labute approximate surface area is 109 Å². The van der Waals surface area contributed by atoms with Crippen molar-refractivity contribution in [2.45, 2.75) is 31.1 Å². The topological polar surface area (TPSA) is 37.3 Å². The Balaban J connectivity index is 2.67. The SMILES string of the molecule is CCCCCSc1ccc(Br)cc1C(=O)O. The van der Waals surface area contributed by atoms with Crippen molar-refractivity contribution in [1.82, 2.24) is 0 Å². The van der Waals surface area contributed by atoms with Crippen molar-refractivity contribution < 1.29 is 9.90 Å². The monoisotopic (exact) mass is 302 g/mol. The van der Waals surface area contributed by atoms with Gasteiger partial charge >= 0.3 is 5.97 Å². The van der Waals surface area contributed by atoms with Crippen LogP contribution in [0.3, 0.4) is 0 Å². The molecule has 0 radical (unpaired) electrons. The first-order chi connectivity index (χ1) is 7.65. The summed E-state index contributed by atoms with van der Waals surface area (Å²) < 4.78 is 0.808. The van der Waals surface area contributed by atoms with Gasteiger partial charge in [0.05, 0.1) is 5.56 Å². The first kappa shape index (κ1) is 13.6. The molecule has 16 heavy (non-hydrogen) atoms. The summed E-state index contributed by atoms with van der Waals surface area (Å²) in [6.07, 6.45) is 3.52. The van der Waals surface area contributed by atoms with Crippen LogP contribution >= 0.6 is 27.7 Å². The van der Waals surface area contributed by atoms with E-state index < -0.39 is 5.97 Å². The molecule has 0 spiro atoms. The number of carboxylic acids is 1. The van der Waals surface area contributed by atoms with E-state index in [0.717, 1.165) is 21.5 Å². The number of halogens is 1. The molecule has 88 valence electrons. The average Bonchev–Trinajstić information content (AvgIpc) is 2.26. The van der Waals surface area contributed by atoms with Gasteiger partial charge in [-0.25, -0.2) is 4.79 Å². The lowest BCUT2D eigenvalue weighted by Gasteiger charge is -2.06. The van der Waals surface area contributed by atoms with Crippen molar-refractivity contribution in [2.75, 3.05) is 5.75 Å². The molecule has 0 fully saturated rings. The van der Waals surface area contributed by atoms with Crippen LogP contribution in [-0.2, 0) is 0 Å². The molecule has 0 aliphatic carbocycles. The van der Waals surface area contributed by atoms with Crippen LogP contribution in [-0.4, -0.2) is 16.8 Å². The molecule has 0 amide bonds. The summed E-state index contributed by atoms with van der Waals surface area (Å²) in [5.74, 6) is 0.120. The van der Waals surface area contributed by atoms with Crippen LogP contribution in [0.4, 0.5) is 0 Å². The smallest absolute Gasteiger partial charge is 0.336 e. The molecule has 1 N–H and O–H groups in total. The van der Waals surface area contributed by atoms with Gasteiger partial charge in [-0.2, -0.15) is 0 Å². The van der Waals surface area contributed by atoms with Crippen molar-refractivity contribution in [2.24, 2.45) is 0 Å². The van der Waals surface area contributed by atoms with Crippen LogP contribution in [0.5, 0.6) is 0 Å². The summed E-state index contributed by atoms with van der Waals surface area (Å²) in [5.41, 5.74) is 0.385. The molecule has 0 heterocycles. The van der Waals surface area contributed by atoms with Crippen LogP contribution in [0.2, 0.25) is 0 Å². The third-order valence-electron chi connectivity index (χ3n) is 2.18. The number of unbranched alkanes of at least 4 members (excludes halogenated alkanes) is 2. The second kappa shape index (κ2) is 6.97. The van der Waals surface area contributed by atoms with Gasteiger partial charge in [0.25, 0.3) is 0 Å². The minimum absolute atomic E-state index is 0.385. The zero-order chi connectivity index (χ0) is 12.0.